The molecule has 26 heavy (non-hydrogen) atoms. The van der Waals surface area contributed by atoms with E-state index in [-0.39, 0.29) is 23.6 Å². The van der Waals surface area contributed by atoms with Crippen molar-refractivity contribution in [3.63, 3.8) is 0 Å². The van der Waals surface area contributed by atoms with Gasteiger partial charge in [0.05, 0.1) is 17.4 Å². The molecule has 0 bridgehead atoms. The average molecular weight is 362 g/mol. The van der Waals surface area contributed by atoms with Gasteiger partial charge in [0.15, 0.2) is 5.96 Å². The zero-order chi connectivity index (χ0) is 18.7. The number of piperidine rings is 1. The van der Waals surface area contributed by atoms with Crippen LogP contribution in [0, 0.1) is 17.6 Å². The van der Waals surface area contributed by atoms with E-state index < -0.39 is 11.6 Å². The molecule has 1 fully saturated rings. The van der Waals surface area contributed by atoms with Crippen molar-refractivity contribution in [2.45, 2.75) is 18.9 Å². The van der Waals surface area contributed by atoms with Gasteiger partial charge in [0, 0.05) is 25.9 Å². The molecule has 0 spiro atoms. The summed E-state index contributed by atoms with van der Waals surface area (Å²) in [6.45, 7) is 1.51. The normalized spacial score (nSPS) is 21.8. The Balaban J connectivity index is 1.72. The number of aliphatic imine (C=N–C) groups is 1. The fourth-order valence-electron chi connectivity index (χ4n) is 3.58. The third-order valence-electron chi connectivity index (χ3n) is 4.86. The first kappa shape index (κ1) is 18.3. The highest BCUT2D eigenvalue weighted by molar-refractivity contribution is 5.92. The van der Waals surface area contributed by atoms with Crippen LogP contribution in [0.4, 0.5) is 14.5 Å². The molecule has 2 aromatic rings. The maximum atomic E-state index is 13.7. The van der Waals surface area contributed by atoms with Gasteiger partial charge in [-0.2, -0.15) is 5.10 Å². The molecule has 1 aliphatic heterocycles. The number of nitrogens with two attached hydrogens (primary N) is 1. The number of likely N-dealkylation sites (tertiary alicyclic amines) is 1. The molecule has 8 heteroatoms. The van der Waals surface area contributed by atoms with Gasteiger partial charge in [-0.25, -0.2) is 8.78 Å². The summed E-state index contributed by atoms with van der Waals surface area (Å²) in [6, 6.07) is 5.39. The number of hydrogen-bond donors (Lipinski definition) is 2. The highest BCUT2D eigenvalue weighted by Gasteiger charge is 2.32. The van der Waals surface area contributed by atoms with Crippen molar-refractivity contribution >= 4 is 11.6 Å². The number of nitrogens with one attached hydrogen (secondary N) is 1. The third-order valence-corrected chi connectivity index (χ3v) is 4.86. The summed E-state index contributed by atoms with van der Waals surface area (Å²) in [7, 11) is 4.03. The van der Waals surface area contributed by atoms with E-state index >= 15 is 0 Å². The Bertz CT molecular complexity index is 788. The molecule has 6 nitrogen and oxygen atoms in total. The summed E-state index contributed by atoms with van der Waals surface area (Å²) in [5.41, 5.74) is 7.01. The second-order valence-electron chi connectivity index (χ2n) is 6.68. The summed E-state index contributed by atoms with van der Waals surface area (Å²) < 4.78 is 28.9. The lowest BCUT2D eigenvalue weighted by Gasteiger charge is -2.38. The summed E-state index contributed by atoms with van der Waals surface area (Å²) in [5, 5.41) is 6.91. The standard InChI is InChI=1S/C18H24F2N6/c1-25-9-3-4-12(17(25)16-7-8-23-26(16)2)11-22-18(21)24-15-10-13(19)5-6-14(15)20/h5-8,10,12,17H,3-4,9,11H2,1-2H3,(H3,21,22,24)/t12-,17+/m0/s1. The van der Waals surface area contributed by atoms with Crippen molar-refractivity contribution in [1.82, 2.24) is 14.7 Å². The molecule has 2 atom stereocenters. The highest BCUT2D eigenvalue weighted by Crippen LogP contribution is 2.34. The molecule has 0 saturated carbocycles. The quantitative estimate of drug-likeness (QED) is 0.648. The van der Waals surface area contributed by atoms with Gasteiger partial charge in [-0.15, -0.1) is 0 Å². The third kappa shape index (κ3) is 4.01. The maximum Gasteiger partial charge on any atom is 0.193 e. The minimum absolute atomic E-state index is 0.0183. The fraction of sp³-hybridized carbons (Fsp3) is 0.444. The molecule has 140 valence electrons. The van der Waals surface area contributed by atoms with Gasteiger partial charge in [0.1, 0.15) is 11.6 Å². The molecular formula is C18H24F2N6. The molecule has 1 saturated heterocycles. The van der Waals surface area contributed by atoms with E-state index in [1.807, 2.05) is 17.8 Å². The number of aromatic nitrogens is 2. The van der Waals surface area contributed by atoms with Crippen LogP contribution in [0.1, 0.15) is 24.6 Å². The molecule has 0 unspecified atom stereocenters. The van der Waals surface area contributed by atoms with Gasteiger partial charge >= 0.3 is 0 Å². The van der Waals surface area contributed by atoms with Gasteiger partial charge in [0.2, 0.25) is 0 Å². The second kappa shape index (κ2) is 7.82. The van der Waals surface area contributed by atoms with Gasteiger partial charge in [-0.05, 0) is 50.6 Å². The molecule has 2 heterocycles. The number of guanidine groups is 1. The molecule has 0 radical (unpaired) electrons. The van der Waals surface area contributed by atoms with E-state index in [2.05, 4.69) is 27.4 Å². The molecule has 3 rings (SSSR count). The number of rotatable bonds is 4. The summed E-state index contributed by atoms with van der Waals surface area (Å²) in [6.07, 6.45) is 3.89. The van der Waals surface area contributed by atoms with Crippen molar-refractivity contribution in [2.75, 3.05) is 25.5 Å². The lowest BCUT2D eigenvalue weighted by Crippen LogP contribution is -2.39. The van der Waals surface area contributed by atoms with Crippen LogP contribution in [-0.4, -0.2) is 40.8 Å². The van der Waals surface area contributed by atoms with Gasteiger partial charge in [-0.3, -0.25) is 14.6 Å². The van der Waals surface area contributed by atoms with Gasteiger partial charge < -0.3 is 11.1 Å². The SMILES string of the molecule is CN1CCC[C@@H](CN=C(N)Nc2cc(F)ccc2F)[C@@H]1c1ccnn1C. The Morgan fingerprint density at radius 1 is 1.35 bits per heavy atom. The number of aryl methyl sites for hydroxylation is 1. The van der Waals surface area contributed by atoms with Crippen LogP contribution in [0.5, 0.6) is 0 Å². The van der Waals surface area contributed by atoms with Crippen LogP contribution < -0.4 is 11.1 Å². The Morgan fingerprint density at radius 2 is 2.15 bits per heavy atom. The number of anilines is 1. The Hall–Kier alpha value is -2.48. The minimum atomic E-state index is -0.574. The largest absolute Gasteiger partial charge is 0.370 e. The van der Waals surface area contributed by atoms with Crippen LogP contribution >= 0.6 is 0 Å². The van der Waals surface area contributed by atoms with Crippen molar-refractivity contribution in [2.24, 2.45) is 23.7 Å². The van der Waals surface area contributed by atoms with Crippen LogP contribution in [-0.2, 0) is 7.05 Å². The maximum absolute atomic E-state index is 13.7. The van der Waals surface area contributed by atoms with Crippen molar-refractivity contribution in [3.8, 4) is 0 Å². The minimum Gasteiger partial charge on any atom is -0.370 e. The zero-order valence-corrected chi connectivity index (χ0v) is 15.0. The smallest absolute Gasteiger partial charge is 0.193 e. The van der Waals surface area contributed by atoms with Crippen LogP contribution in [0.15, 0.2) is 35.5 Å². The Kier molecular flexibility index (Phi) is 5.51. The first-order valence-electron chi connectivity index (χ1n) is 8.66. The zero-order valence-electron chi connectivity index (χ0n) is 15.0. The first-order chi connectivity index (χ1) is 12.5. The first-order valence-corrected chi connectivity index (χ1v) is 8.66. The van der Waals surface area contributed by atoms with Crippen molar-refractivity contribution in [1.29, 1.82) is 0 Å². The monoisotopic (exact) mass is 362 g/mol. The van der Waals surface area contributed by atoms with Crippen LogP contribution in [0.25, 0.3) is 0 Å². The average Bonchev–Trinajstić information content (AvgIpc) is 3.02. The molecular weight excluding hydrogens is 338 g/mol. The fourth-order valence-corrected chi connectivity index (χ4v) is 3.58. The molecule has 0 aliphatic carbocycles. The molecule has 3 N–H and O–H groups in total. The van der Waals surface area contributed by atoms with Gasteiger partial charge in [-0.1, -0.05) is 0 Å². The number of halogens is 2. The highest BCUT2D eigenvalue weighted by atomic mass is 19.1. The molecule has 0 amide bonds. The van der Waals surface area contributed by atoms with Crippen LogP contribution in [0.2, 0.25) is 0 Å². The second-order valence-corrected chi connectivity index (χ2v) is 6.68. The lowest BCUT2D eigenvalue weighted by atomic mass is 9.87. The van der Waals surface area contributed by atoms with Gasteiger partial charge in [0.25, 0.3) is 0 Å². The number of benzene rings is 1. The summed E-state index contributed by atoms with van der Waals surface area (Å²) >= 11 is 0. The van der Waals surface area contributed by atoms with Crippen LogP contribution in [0.3, 0.4) is 0 Å². The predicted octanol–water partition coefficient (Wildman–Crippen LogP) is 2.51. The van der Waals surface area contributed by atoms with E-state index in [9.17, 15) is 8.78 Å². The van der Waals surface area contributed by atoms with Crippen molar-refractivity contribution < 1.29 is 8.78 Å². The van der Waals surface area contributed by atoms with E-state index in [1.165, 1.54) is 0 Å². The number of nitrogens with zero attached hydrogens (tertiary/aromatic N) is 4. The van der Waals surface area contributed by atoms with E-state index in [0.717, 1.165) is 43.3 Å². The molecule has 1 aromatic heterocycles. The Labute approximate surface area is 151 Å². The predicted molar refractivity (Wildman–Crippen MR) is 97.8 cm³/mol. The van der Waals surface area contributed by atoms with E-state index in [0.29, 0.717) is 6.54 Å². The van der Waals surface area contributed by atoms with Crippen molar-refractivity contribution in [3.05, 3.63) is 47.8 Å². The van der Waals surface area contributed by atoms with E-state index in [1.54, 1.807) is 6.20 Å². The summed E-state index contributed by atoms with van der Waals surface area (Å²) in [5.74, 6) is -0.769. The summed E-state index contributed by atoms with van der Waals surface area (Å²) in [4.78, 5) is 6.68. The molecule has 1 aromatic carbocycles. The number of hydrogen-bond acceptors (Lipinski definition) is 3. The van der Waals surface area contributed by atoms with E-state index in [4.69, 9.17) is 5.73 Å². The topological polar surface area (TPSA) is 71.5 Å². The lowest BCUT2D eigenvalue weighted by molar-refractivity contribution is 0.119. The Morgan fingerprint density at radius 3 is 2.88 bits per heavy atom. The molecule has 1 aliphatic rings.